The van der Waals surface area contributed by atoms with Gasteiger partial charge in [-0.1, -0.05) is 18.2 Å². The number of guanidine groups is 1. The van der Waals surface area contributed by atoms with Crippen LogP contribution in [0.4, 0.5) is 4.39 Å². The molecule has 0 spiro atoms. The summed E-state index contributed by atoms with van der Waals surface area (Å²) in [5.41, 5.74) is 1.86. The summed E-state index contributed by atoms with van der Waals surface area (Å²) >= 11 is 0. The van der Waals surface area contributed by atoms with Gasteiger partial charge in [0.1, 0.15) is 5.82 Å². The van der Waals surface area contributed by atoms with Crippen molar-refractivity contribution in [1.82, 2.24) is 16.0 Å². The van der Waals surface area contributed by atoms with Crippen molar-refractivity contribution in [1.29, 1.82) is 0 Å². The Morgan fingerprint density at radius 3 is 2.52 bits per heavy atom. The lowest BCUT2D eigenvalue weighted by atomic mass is 10.1. The van der Waals surface area contributed by atoms with E-state index in [4.69, 9.17) is 9.47 Å². The smallest absolute Gasteiger partial charge is 0.257 e. The summed E-state index contributed by atoms with van der Waals surface area (Å²) in [5, 5.41) is 9.14. The second-order valence-electron chi connectivity index (χ2n) is 6.73. The molecule has 0 atom stereocenters. The molecule has 7 nitrogen and oxygen atoms in total. The first-order chi connectivity index (χ1) is 15.0. The Kier molecular flexibility index (Phi) is 10.1. The minimum absolute atomic E-state index is 0.0680. The fraction of sp³-hybridized carbons (Fsp3) is 0.391. The number of nitrogens with zero attached hydrogens (tertiary/aromatic N) is 1. The van der Waals surface area contributed by atoms with Gasteiger partial charge in [-0.15, -0.1) is 0 Å². The number of hydrogen-bond donors (Lipinski definition) is 3. The summed E-state index contributed by atoms with van der Waals surface area (Å²) < 4.78 is 24.2. The Labute approximate surface area is 183 Å². The minimum Gasteiger partial charge on any atom is -0.493 e. The van der Waals surface area contributed by atoms with Crippen molar-refractivity contribution in [3.63, 3.8) is 0 Å². The molecule has 2 aromatic carbocycles. The first-order valence-corrected chi connectivity index (χ1v) is 10.4. The maximum absolute atomic E-state index is 13.3. The van der Waals surface area contributed by atoms with Gasteiger partial charge in [0.2, 0.25) is 0 Å². The van der Waals surface area contributed by atoms with E-state index < -0.39 is 0 Å². The molecule has 8 heteroatoms. The standard InChI is InChI=1S/C23H31FN4O3/c1-4-25-22(29)16-31-20-10-9-18(14-21(20)30-3)15-28-23(26-5-2)27-12-11-17-7-6-8-19(24)13-17/h6-10,13-14H,4-5,11-12,15-16H2,1-3H3,(H,25,29)(H2,26,27,28). The first kappa shape index (κ1) is 24.0. The number of likely N-dealkylation sites (N-methyl/N-ethyl adjacent to an activating group) is 1. The average Bonchev–Trinajstić information content (AvgIpc) is 2.76. The lowest BCUT2D eigenvalue weighted by molar-refractivity contribution is -0.123. The van der Waals surface area contributed by atoms with Gasteiger partial charge >= 0.3 is 0 Å². The number of halogens is 1. The summed E-state index contributed by atoms with van der Waals surface area (Å²) in [5.74, 6) is 1.31. The number of ether oxygens (including phenoxy) is 2. The maximum Gasteiger partial charge on any atom is 0.257 e. The van der Waals surface area contributed by atoms with Crippen molar-refractivity contribution in [3.8, 4) is 11.5 Å². The topological polar surface area (TPSA) is 84.0 Å². The molecule has 0 radical (unpaired) electrons. The predicted octanol–water partition coefficient (Wildman–Crippen LogP) is 2.65. The SMILES string of the molecule is CCNC(=O)COc1ccc(CN=C(NCC)NCCc2cccc(F)c2)cc1OC. The van der Waals surface area contributed by atoms with Crippen LogP contribution in [0.3, 0.4) is 0 Å². The summed E-state index contributed by atoms with van der Waals surface area (Å²) in [6.45, 7) is 6.12. The third kappa shape index (κ3) is 8.54. The molecule has 0 saturated carbocycles. The minimum atomic E-state index is -0.231. The molecule has 1 amide bonds. The highest BCUT2D eigenvalue weighted by Gasteiger charge is 2.08. The summed E-state index contributed by atoms with van der Waals surface area (Å²) in [6.07, 6.45) is 0.688. The Hall–Kier alpha value is -3.29. The van der Waals surface area contributed by atoms with Crippen LogP contribution < -0.4 is 25.4 Å². The highest BCUT2D eigenvalue weighted by molar-refractivity contribution is 5.79. The molecule has 2 rings (SSSR count). The maximum atomic E-state index is 13.3. The first-order valence-electron chi connectivity index (χ1n) is 10.4. The van der Waals surface area contributed by atoms with E-state index in [1.54, 1.807) is 19.2 Å². The molecular formula is C23H31FN4O3. The average molecular weight is 431 g/mol. The third-order valence-electron chi connectivity index (χ3n) is 4.32. The summed E-state index contributed by atoms with van der Waals surface area (Å²) in [7, 11) is 1.55. The lowest BCUT2D eigenvalue weighted by Gasteiger charge is -2.13. The Bertz CT molecular complexity index is 874. The molecule has 0 saturated heterocycles. The van der Waals surface area contributed by atoms with Crippen molar-refractivity contribution in [2.24, 2.45) is 4.99 Å². The highest BCUT2D eigenvalue weighted by Crippen LogP contribution is 2.28. The number of carbonyl (C=O) groups is 1. The van der Waals surface area contributed by atoms with Crippen molar-refractivity contribution in [2.45, 2.75) is 26.8 Å². The third-order valence-corrected chi connectivity index (χ3v) is 4.32. The zero-order chi connectivity index (χ0) is 22.5. The molecule has 31 heavy (non-hydrogen) atoms. The molecule has 0 aromatic heterocycles. The van der Waals surface area contributed by atoms with Crippen molar-refractivity contribution >= 4 is 11.9 Å². The van der Waals surface area contributed by atoms with E-state index in [-0.39, 0.29) is 18.3 Å². The van der Waals surface area contributed by atoms with Crippen LogP contribution in [0.5, 0.6) is 11.5 Å². The molecule has 0 bridgehead atoms. The highest BCUT2D eigenvalue weighted by atomic mass is 19.1. The van der Waals surface area contributed by atoms with Crippen LogP contribution in [0, 0.1) is 5.82 Å². The Morgan fingerprint density at radius 2 is 1.81 bits per heavy atom. The molecule has 0 heterocycles. The van der Waals surface area contributed by atoms with Gasteiger partial charge in [0.05, 0.1) is 13.7 Å². The van der Waals surface area contributed by atoms with E-state index in [0.717, 1.165) is 17.7 Å². The van der Waals surface area contributed by atoms with Gasteiger partial charge in [-0.25, -0.2) is 9.38 Å². The van der Waals surface area contributed by atoms with Gasteiger partial charge in [0.15, 0.2) is 24.1 Å². The number of hydrogen-bond acceptors (Lipinski definition) is 4. The normalized spacial score (nSPS) is 11.0. The molecule has 3 N–H and O–H groups in total. The van der Waals surface area contributed by atoms with E-state index in [2.05, 4.69) is 20.9 Å². The van der Waals surface area contributed by atoms with Crippen LogP contribution in [0.2, 0.25) is 0 Å². The van der Waals surface area contributed by atoms with Gasteiger partial charge in [0, 0.05) is 19.6 Å². The van der Waals surface area contributed by atoms with E-state index in [1.807, 2.05) is 32.0 Å². The molecule has 0 fully saturated rings. The van der Waals surface area contributed by atoms with Crippen molar-refractivity contribution in [3.05, 3.63) is 59.4 Å². The van der Waals surface area contributed by atoms with Crippen LogP contribution in [0.15, 0.2) is 47.5 Å². The second kappa shape index (κ2) is 13.1. The van der Waals surface area contributed by atoms with Crippen LogP contribution in [0.1, 0.15) is 25.0 Å². The lowest BCUT2D eigenvalue weighted by Crippen LogP contribution is -2.38. The number of methoxy groups -OCH3 is 1. The number of carbonyl (C=O) groups excluding carboxylic acids is 1. The van der Waals surface area contributed by atoms with Crippen LogP contribution in [-0.2, 0) is 17.8 Å². The van der Waals surface area contributed by atoms with E-state index >= 15 is 0 Å². The van der Waals surface area contributed by atoms with Crippen LogP contribution in [0.25, 0.3) is 0 Å². The quantitative estimate of drug-likeness (QED) is 0.377. The fourth-order valence-corrected chi connectivity index (χ4v) is 2.85. The fourth-order valence-electron chi connectivity index (χ4n) is 2.85. The predicted molar refractivity (Wildman–Crippen MR) is 120 cm³/mol. The summed E-state index contributed by atoms with van der Waals surface area (Å²) in [6, 6.07) is 12.1. The molecule has 0 aliphatic rings. The summed E-state index contributed by atoms with van der Waals surface area (Å²) in [4.78, 5) is 16.2. The van der Waals surface area contributed by atoms with Gasteiger partial charge in [-0.05, 0) is 55.7 Å². The molecule has 168 valence electrons. The number of benzene rings is 2. The molecule has 0 aliphatic heterocycles. The number of nitrogens with one attached hydrogen (secondary N) is 3. The largest absolute Gasteiger partial charge is 0.493 e. The van der Waals surface area contributed by atoms with Crippen molar-refractivity contribution < 1.29 is 18.7 Å². The van der Waals surface area contributed by atoms with Gasteiger partial charge in [-0.3, -0.25) is 4.79 Å². The molecule has 0 unspecified atom stereocenters. The van der Waals surface area contributed by atoms with Gasteiger partial charge in [-0.2, -0.15) is 0 Å². The second-order valence-corrected chi connectivity index (χ2v) is 6.73. The van der Waals surface area contributed by atoms with E-state index in [9.17, 15) is 9.18 Å². The van der Waals surface area contributed by atoms with Gasteiger partial charge in [0.25, 0.3) is 5.91 Å². The van der Waals surface area contributed by atoms with E-state index in [0.29, 0.717) is 43.5 Å². The van der Waals surface area contributed by atoms with Gasteiger partial charge < -0.3 is 25.4 Å². The van der Waals surface area contributed by atoms with Crippen LogP contribution >= 0.6 is 0 Å². The van der Waals surface area contributed by atoms with E-state index in [1.165, 1.54) is 12.1 Å². The number of amides is 1. The zero-order valence-corrected chi connectivity index (χ0v) is 18.3. The van der Waals surface area contributed by atoms with Crippen molar-refractivity contribution in [2.75, 3.05) is 33.4 Å². The Morgan fingerprint density at radius 1 is 1.00 bits per heavy atom. The molecular weight excluding hydrogens is 399 g/mol. The monoisotopic (exact) mass is 430 g/mol. The zero-order valence-electron chi connectivity index (χ0n) is 18.3. The number of rotatable bonds is 11. The molecule has 2 aromatic rings. The Balaban J connectivity index is 1.95. The number of aliphatic imine (C=N–C) groups is 1. The van der Waals surface area contributed by atoms with Crippen LogP contribution in [-0.4, -0.2) is 45.2 Å². The molecule has 0 aliphatic carbocycles.